The van der Waals surface area contributed by atoms with E-state index in [1.165, 1.54) is 19.3 Å². The van der Waals surface area contributed by atoms with E-state index in [-0.39, 0.29) is 6.10 Å². The molecule has 1 unspecified atom stereocenters. The van der Waals surface area contributed by atoms with Crippen molar-refractivity contribution in [1.82, 2.24) is 0 Å². The lowest BCUT2D eigenvalue weighted by molar-refractivity contribution is 0.107. The van der Waals surface area contributed by atoms with Crippen molar-refractivity contribution in [3.63, 3.8) is 0 Å². The lowest BCUT2D eigenvalue weighted by Crippen LogP contribution is -2.13. The Morgan fingerprint density at radius 1 is 1.28 bits per heavy atom. The van der Waals surface area contributed by atoms with Crippen molar-refractivity contribution in [1.29, 1.82) is 0 Å². The SMILES string of the molecule is CCCCCCC(C)Oc1ccccc1C(=O)Cl. The van der Waals surface area contributed by atoms with Crippen LogP contribution in [0.4, 0.5) is 0 Å². The summed E-state index contributed by atoms with van der Waals surface area (Å²) in [6.07, 6.45) is 6.01. The average Bonchev–Trinajstić information content (AvgIpc) is 2.35. The molecule has 0 aromatic heterocycles. The first-order chi connectivity index (χ1) is 8.65. The number of benzene rings is 1. The maximum atomic E-state index is 11.2. The third-order valence-corrected chi connectivity index (χ3v) is 3.09. The van der Waals surface area contributed by atoms with Gasteiger partial charge in [-0.15, -0.1) is 0 Å². The van der Waals surface area contributed by atoms with E-state index < -0.39 is 5.24 Å². The highest BCUT2D eigenvalue weighted by atomic mass is 35.5. The number of rotatable bonds is 8. The molecule has 0 bridgehead atoms. The predicted molar refractivity (Wildman–Crippen MR) is 75.5 cm³/mol. The minimum Gasteiger partial charge on any atom is -0.490 e. The maximum absolute atomic E-state index is 11.2. The van der Waals surface area contributed by atoms with Crippen LogP contribution in [0, 0.1) is 0 Å². The molecular weight excluding hydrogens is 248 g/mol. The number of para-hydroxylation sites is 1. The van der Waals surface area contributed by atoms with Gasteiger partial charge in [0.05, 0.1) is 11.7 Å². The van der Waals surface area contributed by atoms with Crippen LogP contribution in [-0.2, 0) is 0 Å². The van der Waals surface area contributed by atoms with E-state index in [0.29, 0.717) is 11.3 Å². The van der Waals surface area contributed by atoms with Gasteiger partial charge in [0.25, 0.3) is 5.24 Å². The Labute approximate surface area is 114 Å². The molecule has 0 saturated heterocycles. The summed E-state index contributed by atoms with van der Waals surface area (Å²) in [4.78, 5) is 11.2. The topological polar surface area (TPSA) is 26.3 Å². The summed E-state index contributed by atoms with van der Waals surface area (Å²) in [5.74, 6) is 0.584. The zero-order chi connectivity index (χ0) is 13.4. The van der Waals surface area contributed by atoms with Gasteiger partial charge < -0.3 is 4.74 Å². The van der Waals surface area contributed by atoms with Crippen molar-refractivity contribution in [2.75, 3.05) is 0 Å². The molecule has 1 atom stereocenters. The number of hydrogen-bond donors (Lipinski definition) is 0. The van der Waals surface area contributed by atoms with Gasteiger partial charge in [-0.25, -0.2) is 0 Å². The zero-order valence-corrected chi connectivity index (χ0v) is 11.9. The molecule has 0 N–H and O–H groups in total. The Kier molecular flexibility index (Phi) is 6.81. The highest BCUT2D eigenvalue weighted by Crippen LogP contribution is 2.22. The molecule has 0 spiro atoms. The smallest absolute Gasteiger partial charge is 0.256 e. The van der Waals surface area contributed by atoms with Crippen LogP contribution in [0.25, 0.3) is 0 Å². The lowest BCUT2D eigenvalue weighted by atomic mass is 10.1. The summed E-state index contributed by atoms with van der Waals surface area (Å²) in [5, 5.41) is -0.469. The fourth-order valence-corrected chi connectivity index (χ4v) is 2.02. The van der Waals surface area contributed by atoms with Crippen LogP contribution >= 0.6 is 11.6 Å². The van der Waals surface area contributed by atoms with Crippen LogP contribution < -0.4 is 4.74 Å². The molecule has 1 aromatic rings. The molecule has 18 heavy (non-hydrogen) atoms. The minimum atomic E-state index is -0.469. The highest BCUT2D eigenvalue weighted by molar-refractivity contribution is 6.68. The van der Waals surface area contributed by atoms with Gasteiger partial charge in [-0.1, -0.05) is 38.3 Å². The second kappa shape index (κ2) is 8.15. The lowest BCUT2D eigenvalue weighted by Gasteiger charge is -2.16. The Balaban J connectivity index is 2.48. The summed E-state index contributed by atoms with van der Waals surface area (Å²) in [6, 6.07) is 7.11. The number of carbonyl (C=O) groups is 1. The maximum Gasteiger partial charge on any atom is 0.256 e. The molecule has 0 aliphatic rings. The molecule has 0 radical (unpaired) electrons. The van der Waals surface area contributed by atoms with E-state index in [2.05, 4.69) is 6.92 Å². The van der Waals surface area contributed by atoms with Crippen molar-refractivity contribution in [3.05, 3.63) is 29.8 Å². The second-order valence-corrected chi connectivity index (χ2v) is 4.89. The van der Waals surface area contributed by atoms with Crippen LogP contribution in [0.1, 0.15) is 56.3 Å². The molecule has 1 aromatic carbocycles. The van der Waals surface area contributed by atoms with E-state index in [0.717, 1.165) is 12.8 Å². The second-order valence-electron chi connectivity index (χ2n) is 4.55. The van der Waals surface area contributed by atoms with Gasteiger partial charge in [-0.3, -0.25) is 4.79 Å². The summed E-state index contributed by atoms with van der Waals surface area (Å²) in [6.45, 7) is 4.23. The van der Waals surface area contributed by atoms with Crippen molar-refractivity contribution in [3.8, 4) is 5.75 Å². The van der Waals surface area contributed by atoms with E-state index in [1.807, 2.05) is 13.0 Å². The fraction of sp³-hybridized carbons (Fsp3) is 0.533. The first kappa shape index (κ1) is 15.0. The highest BCUT2D eigenvalue weighted by Gasteiger charge is 2.12. The Morgan fingerprint density at radius 3 is 2.67 bits per heavy atom. The first-order valence-electron chi connectivity index (χ1n) is 6.60. The molecule has 0 amide bonds. The molecule has 0 heterocycles. The normalized spacial score (nSPS) is 12.2. The molecule has 0 aliphatic heterocycles. The first-order valence-corrected chi connectivity index (χ1v) is 6.98. The number of ether oxygens (including phenoxy) is 1. The van der Waals surface area contributed by atoms with E-state index >= 15 is 0 Å². The molecule has 0 saturated carbocycles. The quantitative estimate of drug-likeness (QED) is 0.500. The van der Waals surface area contributed by atoms with E-state index in [1.54, 1.807) is 18.2 Å². The summed E-state index contributed by atoms with van der Waals surface area (Å²) < 4.78 is 5.78. The van der Waals surface area contributed by atoms with Gasteiger partial charge in [-0.2, -0.15) is 0 Å². The summed E-state index contributed by atoms with van der Waals surface area (Å²) in [5.41, 5.74) is 0.444. The van der Waals surface area contributed by atoms with Gasteiger partial charge in [-0.05, 0) is 43.5 Å². The van der Waals surface area contributed by atoms with Crippen LogP contribution in [0.3, 0.4) is 0 Å². The number of carbonyl (C=O) groups excluding carboxylic acids is 1. The predicted octanol–water partition coefficient (Wildman–Crippen LogP) is 4.80. The van der Waals surface area contributed by atoms with Gasteiger partial charge in [0.2, 0.25) is 0 Å². The molecule has 0 aliphatic carbocycles. The van der Waals surface area contributed by atoms with Crippen LogP contribution in [0.5, 0.6) is 5.75 Å². The number of hydrogen-bond acceptors (Lipinski definition) is 2. The zero-order valence-electron chi connectivity index (χ0n) is 11.1. The summed E-state index contributed by atoms with van der Waals surface area (Å²) >= 11 is 5.52. The van der Waals surface area contributed by atoms with Gasteiger partial charge in [0.1, 0.15) is 5.75 Å². The van der Waals surface area contributed by atoms with Crippen molar-refractivity contribution < 1.29 is 9.53 Å². The Bertz CT molecular complexity index is 377. The van der Waals surface area contributed by atoms with Crippen LogP contribution in [0.15, 0.2) is 24.3 Å². The van der Waals surface area contributed by atoms with Crippen molar-refractivity contribution in [2.24, 2.45) is 0 Å². The third kappa shape index (κ3) is 5.09. The number of halogens is 1. The minimum absolute atomic E-state index is 0.110. The molecule has 1 rings (SSSR count). The van der Waals surface area contributed by atoms with E-state index in [4.69, 9.17) is 16.3 Å². The van der Waals surface area contributed by atoms with Crippen molar-refractivity contribution in [2.45, 2.75) is 52.1 Å². The molecule has 2 nitrogen and oxygen atoms in total. The van der Waals surface area contributed by atoms with Crippen LogP contribution in [-0.4, -0.2) is 11.3 Å². The Morgan fingerprint density at radius 2 is 2.00 bits per heavy atom. The molecular formula is C15H21ClO2. The monoisotopic (exact) mass is 268 g/mol. The Hall–Kier alpha value is -1.02. The molecule has 0 fully saturated rings. The fourth-order valence-electron chi connectivity index (χ4n) is 1.87. The van der Waals surface area contributed by atoms with Crippen LogP contribution in [0.2, 0.25) is 0 Å². The third-order valence-electron chi connectivity index (χ3n) is 2.89. The molecule has 3 heteroatoms. The van der Waals surface area contributed by atoms with E-state index in [9.17, 15) is 4.79 Å². The largest absolute Gasteiger partial charge is 0.490 e. The summed E-state index contributed by atoms with van der Waals surface area (Å²) in [7, 11) is 0. The van der Waals surface area contributed by atoms with Gasteiger partial charge in [0.15, 0.2) is 0 Å². The van der Waals surface area contributed by atoms with Gasteiger partial charge >= 0.3 is 0 Å². The van der Waals surface area contributed by atoms with Gasteiger partial charge in [0, 0.05) is 0 Å². The van der Waals surface area contributed by atoms with Crippen molar-refractivity contribution >= 4 is 16.8 Å². The standard InChI is InChI=1S/C15H21ClO2/c1-3-4-5-6-9-12(2)18-14-11-8-7-10-13(14)15(16)17/h7-8,10-12H,3-6,9H2,1-2H3. The molecule has 100 valence electrons. The average molecular weight is 269 g/mol. The number of unbranched alkanes of at least 4 members (excludes halogenated alkanes) is 3.